The van der Waals surface area contributed by atoms with Gasteiger partial charge in [0.25, 0.3) is 5.56 Å². The average molecular weight is 312 g/mol. The number of hydrogen-bond acceptors (Lipinski definition) is 4. The van der Waals surface area contributed by atoms with Gasteiger partial charge in [-0.15, -0.1) is 0 Å². The summed E-state index contributed by atoms with van der Waals surface area (Å²) in [5, 5.41) is 0.229. The first kappa shape index (κ1) is 14.5. The Morgan fingerprint density at radius 1 is 1.27 bits per heavy atom. The van der Waals surface area contributed by atoms with E-state index in [0.717, 1.165) is 10.9 Å². The zero-order valence-electron chi connectivity index (χ0n) is 11.2. The molecule has 0 saturated carbocycles. The first-order valence-electron chi connectivity index (χ1n) is 6.54. The number of carbonyl (C=O) groups excluding carboxylic acids is 1. The SMILES string of the molecule is O=C1C(n2cnc3ncccc3c2=O)CCN1CC(F)(F)F. The minimum absolute atomic E-state index is 0.0411. The number of amides is 1. The lowest BCUT2D eigenvalue weighted by atomic mass is 10.2. The Balaban J connectivity index is 1.94. The van der Waals surface area contributed by atoms with Gasteiger partial charge in [0.05, 0.1) is 5.39 Å². The normalized spacial score (nSPS) is 19.1. The van der Waals surface area contributed by atoms with E-state index in [0.29, 0.717) is 4.90 Å². The Kier molecular flexibility index (Phi) is 3.34. The van der Waals surface area contributed by atoms with Crippen LogP contribution >= 0.6 is 0 Å². The number of halogens is 3. The molecule has 2 aromatic heterocycles. The summed E-state index contributed by atoms with van der Waals surface area (Å²) in [6, 6.07) is 2.12. The number of hydrogen-bond donors (Lipinski definition) is 0. The molecule has 1 aliphatic rings. The molecule has 0 radical (unpaired) electrons. The van der Waals surface area contributed by atoms with Crippen LogP contribution < -0.4 is 5.56 Å². The number of carbonyl (C=O) groups is 1. The largest absolute Gasteiger partial charge is 0.406 e. The molecule has 6 nitrogen and oxygen atoms in total. The van der Waals surface area contributed by atoms with Gasteiger partial charge >= 0.3 is 6.18 Å². The highest BCUT2D eigenvalue weighted by molar-refractivity contribution is 5.83. The number of fused-ring (bicyclic) bond motifs is 1. The van der Waals surface area contributed by atoms with Crippen LogP contribution in [0.2, 0.25) is 0 Å². The fourth-order valence-electron chi connectivity index (χ4n) is 2.55. The van der Waals surface area contributed by atoms with E-state index in [2.05, 4.69) is 9.97 Å². The van der Waals surface area contributed by atoms with E-state index in [1.165, 1.54) is 12.3 Å². The first-order chi connectivity index (χ1) is 10.4. The van der Waals surface area contributed by atoms with Gasteiger partial charge in [-0.25, -0.2) is 9.97 Å². The molecule has 3 rings (SSSR count). The molecule has 0 bridgehead atoms. The van der Waals surface area contributed by atoms with Gasteiger partial charge in [0.1, 0.15) is 18.9 Å². The third kappa shape index (κ3) is 2.53. The molecule has 1 atom stereocenters. The average Bonchev–Trinajstić information content (AvgIpc) is 2.79. The molecule has 1 aliphatic heterocycles. The van der Waals surface area contributed by atoms with Crippen LogP contribution in [0.15, 0.2) is 29.5 Å². The summed E-state index contributed by atoms with van der Waals surface area (Å²) >= 11 is 0. The molecule has 116 valence electrons. The quantitative estimate of drug-likeness (QED) is 0.833. The van der Waals surface area contributed by atoms with Crippen molar-refractivity contribution in [1.82, 2.24) is 19.4 Å². The van der Waals surface area contributed by atoms with Crippen LogP contribution in [0, 0.1) is 0 Å². The van der Waals surface area contributed by atoms with Crippen molar-refractivity contribution < 1.29 is 18.0 Å². The molecular weight excluding hydrogens is 301 g/mol. The van der Waals surface area contributed by atoms with Gasteiger partial charge in [-0.05, 0) is 18.6 Å². The molecule has 1 unspecified atom stereocenters. The maximum absolute atomic E-state index is 12.4. The molecule has 2 aromatic rings. The van der Waals surface area contributed by atoms with Crippen LogP contribution in [0.3, 0.4) is 0 Å². The number of alkyl halides is 3. The molecule has 1 amide bonds. The lowest BCUT2D eigenvalue weighted by molar-refractivity contribution is -0.158. The molecule has 9 heteroatoms. The molecule has 0 N–H and O–H groups in total. The highest BCUT2D eigenvalue weighted by Gasteiger charge is 2.40. The van der Waals surface area contributed by atoms with Crippen molar-refractivity contribution in [3.05, 3.63) is 35.0 Å². The van der Waals surface area contributed by atoms with Gasteiger partial charge in [0.2, 0.25) is 5.91 Å². The third-order valence-corrected chi connectivity index (χ3v) is 3.53. The van der Waals surface area contributed by atoms with Gasteiger partial charge in [0, 0.05) is 12.7 Å². The molecular formula is C13H11F3N4O2. The summed E-state index contributed by atoms with van der Waals surface area (Å²) in [6.45, 7) is -1.35. The van der Waals surface area contributed by atoms with Crippen LogP contribution in [0.1, 0.15) is 12.5 Å². The lowest BCUT2D eigenvalue weighted by Gasteiger charge is -2.19. The van der Waals surface area contributed by atoms with Crippen molar-refractivity contribution >= 4 is 16.9 Å². The van der Waals surface area contributed by atoms with Crippen molar-refractivity contribution in [3.8, 4) is 0 Å². The van der Waals surface area contributed by atoms with E-state index in [-0.39, 0.29) is 24.0 Å². The van der Waals surface area contributed by atoms with Crippen molar-refractivity contribution in [2.24, 2.45) is 0 Å². The van der Waals surface area contributed by atoms with Crippen LogP contribution in [0.5, 0.6) is 0 Å². The molecule has 0 aromatic carbocycles. The van der Waals surface area contributed by atoms with E-state index < -0.39 is 30.2 Å². The van der Waals surface area contributed by atoms with Gasteiger partial charge in [-0.2, -0.15) is 13.2 Å². The fourth-order valence-corrected chi connectivity index (χ4v) is 2.55. The molecule has 1 fully saturated rings. The van der Waals surface area contributed by atoms with Gasteiger partial charge in [-0.3, -0.25) is 14.2 Å². The zero-order chi connectivity index (χ0) is 15.9. The van der Waals surface area contributed by atoms with Gasteiger partial charge in [0.15, 0.2) is 5.65 Å². The van der Waals surface area contributed by atoms with Crippen LogP contribution in [0.25, 0.3) is 11.0 Å². The van der Waals surface area contributed by atoms with E-state index in [9.17, 15) is 22.8 Å². The van der Waals surface area contributed by atoms with Gasteiger partial charge < -0.3 is 4.90 Å². The Hall–Kier alpha value is -2.45. The smallest absolute Gasteiger partial charge is 0.332 e. The van der Waals surface area contributed by atoms with E-state index >= 15 is 0 Å². The Morgan fingerprint density at radius 2 is 2.05 bits per heavy atom. The third-order valence-electron chi connectivity index (χ3n) is 3.53. The second-order valence-electron chi connectivity index (χ2n) is 5.01. The second kappa shape index (κ2) is 5.08. The van der Waals surface area contributed by atoms with Crippen molar-refractivity contribution in [2.75, 3.05) is 13.1 Å². The van der Waals surface area contributed by atoms with Crippen molar-refractivity contribution in [3.63, 3.8) is 0 Å². The highest BCUT2D eigenvalue weighted by Crippen LogP contribution is 2.26. The minimum atomic E-state index is -4.46. The molecule has 0 spiro atoms. The summed E-state index contributed by atoms with van der Waals surface area (Å²) in [4.78, 5) is 33.1. The predicted molar refractivity (Wildman–Crippen MR) is 70.1 cm³/mol. The van der Waals surface area contributed by atoms with Crippen molar-refractivity contribution in [1.29, 1.82) is 0 Å². The molecule has 0 aliphatic carbocycles. The molecule has 3 heterocycles. The summed E-state index contributed by atoms with van der Waals surface area (Å²) in [7, 11) is 0. The first-order valence-corrected chi connectivity index (χ1v) is 6.54. The van der Waals surface area contributed by atoms with E-state index in [1.54, 1.807) is 6.07 Å². The second-order valence-corrected chi connectivity index (χ2v) is 5.01. The number of nitrogens with zero attached hydrogens (tertiary/aromatic N) is 4. The summed E-state index contributed by atoms with van der Waals surface area (Å²) in [5.74, 6) is -0.718. The van der Waals surface area contributed by atoms with E-state index in [1.807, 2.05) is 0 Å². The monoisotopic (exact) mass is 312 g/mol. The van der Waals surface area contributed by atoms with Crippen molar-refractivity contribution in [2.45, 2.75) is 18.6 Å². The zero-order valence-corrected chi connectivity index (χ0v) is 11.2. The number of pyridine rings is 1. The number of likely N-dealkylation sites (tertiary alicyclic amines) is 1. The van der Waals surface area contributed by atoms with Crippen LogP contribution in [0.4, 0.5) is 13.2 Å². The Bertz CT molecular complexity index is 787. The standard InChI is InChI=1S/C13H11F3N4O2/c14-13(15,16)6-19-5-3-9(12(19)22)20-7-18-10-8(11(20)21)2-1-4-17-10/h1-2,4,7,9H,3,5-6H2. The van der Waals surface area contributed by atoms with Crippen LogP contribution in [-0.2, 0) is 4.79 Å². The maximum atomic E-state index is 12.4. The highest BCUT2D eigenvalue weighted by atomic mass is 19.4. The van der Waals surface area contributed by atoms with Gasteiger partial charge in [-0.1, -0.05) is 0 Å². The minimum Gasteiger partial charge on any atom is -0.332 e. The maximum Gasteiger partial charge on any atom is 0.406 e. The Labute approximate surface area is 122 Å². The molecule has 22 heavy (non-hydrogen) atoms. The predicted octanol–water partition coefficient (Wildman–Crippen LogP) is 1.13. The number of rotatable bonds is 2. The summed E-state index contributed by atoms with van der Waals surface area (Å²) in [5.41, 5.74) is -0.244. The fraction of sp³-hybridized carbons (Fsp3) is 0.385. The van der Waals surface area contributed by atoms with E-state index in [4.69, 9.17) is 0 Å². The topological polar surface area (TPSA) is 68.1 Å². The Morgan fingerprint density at radius 3 is 2.77 bits per heavy atom. The number of aromatic nitrogens is 3. The summed E-state index contributed by atoms with van der Waals surface area (Å²) < 4.78 is 38.3. The lowest BCUT2D eigenvalue weighted by Crippen LogP contribution is -2.38. The molecule has 1 saturated heterocycles. The van der Waals surface area contributed by atoms with Crippen LogP contribution in [-0.4, -0.2) is 44.6 Å². The summed E-state index contributed by atoms with van der Waals surface area (Å²) in [6.07, 6.45) is -1.68.